The molecule has 3 aromatic rings. The van der Waals surface area contributed by atoms with Gasteiger partial charge in [-0.1, -0.05) is 43.3 Å². The van der Waals surface area contributed by atoms with Gasteiger partial charge in [-0.25, -0.2) is 4.79 Å². The zero-order valence-corrected chi connectivity index (χ0v) is 23.1. The molecule has 0 saturated heterocycles. The molecule has 4 amide bonds. The van der Waals surface area contributed by atoms with Gasteiger partial charge < -0.3 is 30.3 Å². The average molecular weight is 545 g/mol. The lowest BCUT2D eigenvalue weighted by atomic mass is 9.99. The predicted molar refractivity (Wildman–Crippen MR) is 155 cm³/mol. The van der Waals surface area contributed by atoms with E-state index in [1.807, 2.05) is 49.4 Å². The van der Waals surface area contributed by atoms with Gasteiger partial charge in [0, 0.05) is 36.5 Å². The van der Waals surface area contributed by atoms with Crippen LogP contribution in [0.15, 0.2) is 60.7 Å². The van der Waals surface area contributed by atoms with Crippen molar-refractivity contribution in [3.05, 3.63) is 66.2 Å². The molecule has 3 N–H and O–H groups in total. The standard InChI is InChI=1S/C31H36N4O5/c1-19-16-35(20(2)18-36)30(38)25-15-23(32-29(37)22-11-12-22)13-14-27(25)40-28(19)17-34(3)31(39)33-26-10-6-8-21-7-4-5-9-24(21)26/h4-10,13-15,19-20,22,28,36H,11-12,16-18H2,1-3H3,(H,32,37)(H,33,39)/t19-,20+,28-/m0/s1. The molecule has 9 heteroatoms. The summed E-state index contributed by atoms with van der Waals surface area (Å²) in [5.74, 6) is -0.0608. The van der Waals surface area contributed by atoms with E-state index < -0.39 is 12.1 Å². The quantitative estimate of drug-likeness (QED) is 0.404. The third-order valence-corrected chi connectivity index (χ3v) is 7.71. The van der Waals surface area contributed by atoms with Crippen molar-refractivity contribution < 1.29 is 24.2 Å². The van der Waals surface area contributed by atoms with Gasteiger partial charge in [-0.05, 0) is 49.4 Å². The van der Waals surface area contributed by atoms with Gasteiger partial charge in [0.1, 0.15) is 11.9 Å². The second kappa shape index (κ2) is 11.6. The summed E-state index contributed by atoms with van der Waals surface area (Å²) in [5.41, 5.74) is 1.57. The topological polar surface area (TPSA) is 111 Å². The largest absolute Gasteiger partial charge is 0.487 e. The third-order valence-electron chi connectivity index (χ3n) is 7.71. The lowest BCUT2D eigenvalue weighted by Gasteiger charge is -2.38. The molecule has 0 spiro atoms. The molecular formula is C31H36N4O5. The molecular weight excluding hydrogens is 508 g/mol. The first-order chi connectivity index (χ1) is 19.2. The zero-order valence-electron chi connectivity index (χ0n) is 23.1. The Morgan fingerprint density at radius 2 is 1.85 bits per heavy atom. The second-order valence-corrected chi connectivity index (χ2v) is 10.9. The smallest absolute Gasteiger partial charge is 0.321 e. The maximum atomic E-state index is 13.6. The molecule has 3 aromatic carbocycles. The van der Waals surface area contributed by atoms with E-state index >= 15 is 0 Å². The number of ether oxygens (including phenoxy) is 1. The van der Waals surface area contributed by atoms with E-state index in [4.69, 9.17) is 4.74 Å². The number of benzene rings is 3. The first-order valence-electron chi connectivity index (χ1n) is 13.8. The molecule has 1 fully saturated rings. The van der Waals surface area contributed by atoms with Crippen molar-refractivity contribution in [2.75, 3.05) is 37.4 Å². The van der Waals surface area contributed by atoms with Crippen molar-refractivity contribution in [2.24, 2.45) is 11.8 Å². The highest BCUT2D eigenvalue weighted by molar-refractivity contribution is 6.02. The van der Waals surface area contributed by atoms with E-state index in [9.17, 15) is 19.5 Å². The van der Waals surface area contributed by atoms with Crippen LogP contribution in [0.1, 0.15) is 37.0 Å². The molecule has 210 valence electrons. The van der Waals surface area contributed by atoms with Crippen LogP contribution in [0.3, 0.4) is 0 Å². The van der Waals surface area contributed by atoms with Crippen LogP contribution >= 0.6 is 0 Å². The lowest BCUT2D eigenvalue weighted by Crippen LogP contribution is -2.50. The van der Waals surface area contributed by atoms with Gasteiger partial charge >= 0.3 is 6.03 Å². The van der Waals surface area contributed by atoms with Crippen LogP contribution in [0, 0.1) is 11.8 Å². The number of nitrogens with one attached hydrogen (secondary N) is 2. The molecule has 3 atom stereocenters. The van der Waals surface area contributed by atoms with Crippen molar-refractivity contribution in [3.63, 3.8) is 0 Å². The Hall–Kier alpha value is -4.11. The number of aliphatic hydroxyl groups is 1. The molecule has 5 rings (SSSR count). The van der Waals surface area contributed by atoms with E-state index in [0.717, 1.165) is 29.3 Å². The number of urea groups is 1. The second-order valence-electron chi connectivity index (χ2n) is 10.9. The van der Waals surface area contributed by atoms with E-state index in [-0.39, 0.29) is 42.8 Å². The zero-order chi connectivity index (χ0) is 28.4. The number of hydrogen-bond acceptors (Lipinski definition) is 5. The average Bonchev–Trinajstić information content (AvgIpc) is 3.81. The fraction of sp³-hybridized carbons (Fsp3) is 0.387. The predicted octanol–water partition coefficient (Wildman–Crippen LogP) is 4.57. The first kappa shape index (κ1) is 27.5. The molecule has 0 unspecified atom stereocenters. The van der Waals surface area contributed by atoms with Crippen molar-refractivity contribution in [1.82, 2.24) is 9.80 Å². The molecule has 1 heterocycles. The van der Waals surface area contributed by atoms with E-state index in [0.29, 0.717) is 23.5 Å². The summed E-state index contributed by atoms with van der Waals surface area (Å²) in [6.07, 6.45) is 1.32. The highest BCUT2D eigenvalue weighted by Gasteiger charge is 2.35. The summed E-state index contributed by atoms with van der Waals surface area (Å²) in [4.78, 5) is 42.4. The molecule has 1 aliphatic heterocycles. The van der Waals surface area contributed by atoms with Crippen LogP contribution in [-0.2, 0) is 4.79 Å². The number of fused-ring (bicyclic) bond motifs is 2. The molecule has 0 radical (unpaired) electrons. The third kappa shape index (κ3) is 5.89. The van der Waals surface area contributed by atoms with Crippen LogP contribution < -0.4 is 15.4 Å². The minimum atomic E-state index is -0.435. The molecule has 40 heavy (non-hydrogen) atoms. The maximum Gasteiger partial charge on any atom is 0.321 e. The number of aliphatic hydroxyl groups excluding tert-OH is 1. The van der Waals surface area contributed by atoms with Crippen molar-refractivity contribution in [1.29, 1.82) is 0 Å². The Bertz CT molecular complexity index is 1420. The number of carbonyl (C=O) groups excluding carboxylic acids is 3. The molecule has 0 aromatic heterocycles. The van der Waals surface area contributed by atoms with Crippen LogP contribution in [0.2, 0.25) is 0 Å². The summed E-state index contributed by atoms with van der Waals surface area (Å²) in [7, 11) is 1.71. The number of hydrogen-bond donors (Lipinski definition) is 3. The van der Waals surface area contributed by atoms with Crippen LogP contribution in [0.5, 0.6) is 5.75 Å². The highest BCUT2D eigenvalue weighted by Crippen LogP contribution is 2.33. The van der Waals surface area contributed by atoms with Gasteiger partial charge in [0.2, 0.25) is 5.91 Å². The Balaban J connectivity index is 1.37. The summed E-state index contributed by atoms with van der Waals surface area (Å²) in [6, 6.07) is 18.0. The highest BCUT2D eigenvalue weighted by atomic mass is 16.5. The number of carbonyl (C=O) groups is 3. The minimum Gasteiger partial charge on any atom is -0.487 e. The van der Waals surface area contributed by atoms with E-state index in [1.165, 1.54) is 0 Å². The fourth-order valence-corrected chi connectivity index (χ4v) is 5.01. The van der Waals surface area contributed by atoms with E-state index in [2.05, 4.69) is 10.6 Å². The van der Waals surface area contributed by atoms with Crippen molar-refractivity contribution >= 4 is 40.0 Å². The van der Waals surface area contributed by atoms with Gasteiger partial charge in [0.05, 0.1) is 30.4 Å². The summed E-state index contributed by atoms with van der Waals surface area (Å²) >= 11 is 0. The number of anilines is 2. The van der Waals surface area contributed by atoms with Crippen molar-refractivity contribution in [3.8, 4) is 5.75 Å². The van der Waals surface area contributed by atoms with Crippen molar-refractivity contribution in [2.45, 2.75) is 38.8 Å². The van der Waals surface area contributed by atoms with Gasteiger partial charge in [-0.2, -0.15) is 0 Å². The first-order valence-corrected chi connectivity index (χ1v) is 13.8. The van der Waals surface area contributed by atoms with Crippen LogP contribution in [0.25, 0.3) is 10.8 Å². The molecule has 9 nitrogen and oxygen atoms in total. The summed E-state index contributed by atoms with van der Waals surface area (Å²) in [6.45, 7) is 4.19. The molecule has 0 bridgehead atoms. The Labute approximate surface area is 234 Å². The number of rotatable bonds is 7. The molecule has 1 saturated carbocycles. The number of likely N-dealkylation sites (N-methyl/N-ethyl adjacent to an activating group) is 1. The number of amides is 4. The van der Waals surface area contributed by atoms with Gasteiger partial charge in [0.25, 0.3) is 5.91 Å². The lowest BCUT2D eigenvalue weighted by molar-refractivity contribution is -0.117. The van der Waals surface area contributed by atoms with Crippen LogP contribution in [-0.4, -0.2) is 71.6 Å². The number of nitrogens with zero attached hydrogens (tertiary/aromatic N) is 2. The Morgan fingerprint density at radius 3 is 2.60 bits per heavy atom. The fourth-order valence-electron chi connectivity index (χ4n) is 5.01. The minimum absolute atomic E-state index is 0.0284. The van der Waals surface area contributed by atoms with Gasteiger partial charge in [0.15, 0.2) is 0 Å². The molecule has 1 aliphatic carbocycles. The maximum absolute atomic E-state index is 13.6. The van der Waals surface area contributed by atoms with Crippen LogP contribution in [0.4, 0.5) is 16.2 Å². The molecule has 2 aliphatic rings. The monoisotopic (exact) mass is 544 g/mol. The summed E-state index contributed by atoms with van der Waals surface area (Å²) < 4.78 is 6.40. The van der Waals surface area contributed by atoms with E-state index in [1.54, 1.807) is 42.0 Å². The Morgan fingerprint density at radius 1 is 1.10 bits per heavy atom. The summed E-state index contributed by atoms with van der Waals surface area (Å²) in [5, 5.41) is 17.8. The van der Waals surface area contributed by atoms with Gasteiger partial charge in [-0.15, -0.1) is 0 Å². The van der Waals surface area contributed by atoms with Gasteiger partial charge in [-0.3, -0.25) is 9.59 Å². The SMILES string of the molecule is C[C@H](CO)N1C[C@H](C)[C@H](CN(C)C(=O)Nc2cccc3ccccc23)Oc2ccc(NC(=O)C3CC3)cc2C1=O. The normalized spacial score (nSPS) is 19.6. The Kier molecular flexibility index (Phi) is 7.93.